The zero-order valence-electron chi connectivity index (χ0n) is 30.8. The number of hydrogen-bond acceptors (Lipinski definition) is 12. The van der Waals surface area contributed by atoms with Crippen molar-refractivity contribution >= 4 is 5.78 Å². The number of nitrogens with two attached hydrogens (primary N) is 1. The summed E-state index contributed by atoms with van der Waals surface area (Å²) in [6.07, 6.45) is 4.85. The van der Waals surface area contributed by atoms with Crippen LogP contribution in [0.2, 0.25) is 0 Å². The molecule has 12 heteroatoms. The molecule has 0 saturated carbocycles. The number of hydrogen-bond donors (Lipinski definition) is 2. The Balaban J connectivity index is 0.994. The van der Waals surface area contributed by atoms with Crippen molar-refractivity contribution < 1.29 is 52.5 Å². The summed E-state index contributed by atoms with van der Waals surface area (Å²) in [6.45, 7) is 11.3. The third kappa shape index (κ3) is 6.59. The van der Waals surface area contributed by atoms with E-state index in [4.69, 9.17) is 48.4 Å². The fourth-order valence-electron chi connectivity index (χ4n) is 11.3. The Morgan fingerprint density at radius 1 is 0.808 bits per heavy atom. The molecule has 0 aromatic rings. The van der Waals surface area contributed by atoms with Gasteiger partial charge in [-0.05, 0) is 62.0 Å². The first-order valence-electron chi connectivity index (χ1n) is 20.2. The van der Waals surface area contributed by atoms with Gasteiger partial charge in [-0.3, -0.25) is 4.79 Å². The van der Waals surface area contributed by atoms with Crippen molar-refractivity contribution in [3.8, 4) is 0 Å². The van der Waals surface area contributed by atoms with Crippen LogP contribution >= 0.6 is 0 Å². The highest BCUT2D eigenvalue weighted by molar-refractivity contribution is 5.79. The largest absolute Gasteiger partial charge is 0.392 e. The average molecular weight is 730 g/mol. The Kier molecular flexibility index (Phi) is 10.0. The van der Waals surface area contributed by atoms with Gasteiger partial charge in [0.2, 0.25) is 0 Å². The van der Waals surface area contributed by atoms with E-state index in [2.05, 4.69) is 20.1 Å². The van der Waals surface area contributed by atoms with Gasteiger partial charge in [0, 0.05) is 58.1 Å². The van der Waals surface area contributed by atoms with E-state index in [9.17, 15) is 9.90 Å². The lowest BCUT2D eigenvalue weighted by Gasteiger charge is -2.47. The van der Waals surface area contributed by atoms with Crippen molar-refractivity contribution in [3.63, 3.8) is 0 Å². The number of aliphatic hydroxyl groups is 1. The van der Waals surface area contributed by atoms with Gasteiger partial charge in [0.15, 0.2) is 5.79 Å². The predicted octanol–water partition coefficient (Wildman–Crippen LogP) is 3.44. The van der Waals surface area contributed by atoms with Gasteiger partial charge in [-0.15, -0.1) is 0 Å². The van der Waals surface area contributed by atoms with Gasteiger partial charge in [-0.25, -0.2) is 0 Å². The average Bonchev–Trinajstić information content (AvgIpc) is 3.79. The standard InChI is InChI=1S/C40H59NO11/c1-19-11-24-5-7-28-20(2)12-26(45-28)9-10-40-17-33-36(51-40)37-38(50-33)39(52-40)35-29(49-37)8-6-25(47-35)13-22(42)14-27-31(16-30(46-24)21(19)3)48-32(34(27)44-4)15-23(43)18-41/h19,23-39,43H,2-3,5-18,41H2,1,4H3/t19-,23+,24?,25-,26+,27+,28+,29+,30-,31+,32?,33-,34-,35+,36+,37+,38+,39+,40-/m1/s1. The molecule has 52 heavy (non-hydrogen) atoms. The molecule has 0 aliphatic carbocycles. The van der Waals surface area contributed by atoms with E-state index in [0.717, 1.165) is 56.1 Å². The summed E-state index contributed by atoms with van der Waals surface area (Å²) in [6, 6.07) is 0. The molecule has 10 aliphatic rings. The van der Waals surface area contributed by atoms with E-state index < -0.39 is 18.0 Å². The van der Waals surface area contributed by atoms with E-state index in [-0.39, 0.29) is 122 Å². The maximum Gasteiger partial charge on any atom is 0.172 e. The number of Topliss-reactive ketones (excluding diaryl/α,β-unsaturated/α-hetero) is 1. The van der Waals surface area contributed by atoms with Crippen LogP contribution < -0.4 is 5.73 Å². The molecule has 2 unspecified atom stereocenters. The molecule has 0 amide bonds. The van der Waals surface area contributed by atoms with Crippen LogP contribution in [0.1, 0.15) is 90.4 Å². The van der Waals surface area contributed by atoms with Crippen molar-refractivity contribution in [2.75, 3.05) is 13.7 Å². The van der Waals surface area contributed by atoms with E-state index in [1.165, 1.54) is 0 Å². The van der Waals surface area contributed by atoms with Gasteiger partial charge < -0.3 is 53.5 Å². The number of carbonyl (C=O) groups excluding carboxylic acids is 1. The second kappa shape index (κ2) is 14.3. The molecule has 290 valence electrons. The van der Waals surface area contributed by atoms with Gasteiger partial charge in [-0.2, -0.15) is 0 Å². The smallest absolute Gasteiger partial charge is 0.172 e. The van der Waals surface area contributed by atoms with Crippen LogP contribution in [0.15, 0.2) is 24.3 Å². The Bertz CT molecular complexity index is 1380. The van der Waals surface area contributed by atoms with Crippen LogP contribution in [0, 0.1) is 11.8 Å². The van der Waals surface area contributed by atoms with Crippen molar-refractivity contribution in [2.24, 2.45) is 17.6 Å². The number of rotatable bonds is 4. The van der Waals surface area contributed by atoms with Crippen LogP contribution in [0.25, 0.3) is 0 Å². The summed E-state index contributed by atoms with van der Waals surface area (Å²) in [4.78, 5) is 14.1. The first-order chi connectivity index (χ1) is 25.1. The van der Waals surface area contributed by atoms with Crippen molar-refractivity contribution in [1.82, 2.24) is 0 Å². The van der Waals surface area contributed by atoms with E-state index >= 15 is 0 Å². The van der Waals surface area contributed by atoms with E-state index in [1.807, 2.05) is 0 Å². The second-order valence-electron chi connectivity index (χ2n) is 17.4. The summed E-state index contributed by atoms with van der Waals surface area (Å²) in [5.74, 6) is -0.619. The fourth-order valence-corrected chi connectivity index (χ4v) is 11.3. The lowest BCUT2D eigenvalue weighted by Crippen LogP contribution is -2.61. The molecule has 0 aromatic carbocycles. The summed E-state index contributed by atoms with van der Waals surface area (Å²) in [5, 5.41) is 10.5. The SMILES string of the molecule is C=C1C[C@@H]2CC[C@]34C[C@H]5O[C@@H]6[C@@H](O3)[C@H]3O[C@H](CC[C@@H]3O[C@H]6[C@H]5O4)CC(=O)C[C@H]3[C@H](C[C@H]4OC(CC[C@@H]1O2)C[C@@H](C)C4=C)OC(C[C@H](O)CN)[C@@H]3OC. The molecule has 10 rings (SSSR count). The van der Waals surface area contributed by atoms with Crippen LogP contribution in [0.5, 0.6) is 0 Å². The first kappa shape index (κ1) is 36.4. The molecule has 1 spiro atoms. The molecule has 12 nitrogen and oxygen atoms in total. The predicted molar refractivity (Wildman–Crippen MR) is 186 cm³/mol. The Morgan fingerprint density at radius 3 is 2.38 bits per heavy atom. The molecule has 0 radical (unpaired) electrons. The molecular formula is C40H59NO11. The highest BCUT2D eigenvalue weighted by Crippen LogP contribution is 2.54. The number of methoxy groups -OCH3 is 1. The number of ketones is 1. The summed E-state index contributed by atoms with van der Waals surface area (Å²) in [7, 11) is 1.66. The quantitative estimate of drug-likeness (QED) is 0.409. The molecule has 10 heterocycles. The third-order valence-electron chi connectivity index (χ3n) is 14.0. The maximum atomic E-state index is 14.1. The molecule has 10 fully saturated rings. The monoisotopic (exact) mass is 729 g/mol. The van der Waals surface area contributed by atoms with Gasteiger partial charge in [-0.1, -0.05) is 20.1 Å². The van der Waals surface area contributed by atoms with Gasteiger partial charge >= 0.3 is 0 Å². The number of aliphatic hydroxyl groups excluding tert-OH is 1. The highest BCUT2D eigenvalue weighted by Gasteiger charge is 2.68. The minimum Gasteiger partial charge on any atom is -0.392 e. The molecule has 12 bridgehead atoms. The molecule has 10 saturated heterocycles. The van der Waals surface area contributed by atoms with Crippen molar-refractivity contribution in [1.29, 1.82) is 0 Å². The Morgan fingerprint density at radius 2 is 1.56 bits per heavy atom. The number of fused-ring (bicyclic) bond motifs is 6. The molecular weight excluding hydrogens is 670 g/mol. The van der Waals surface area contributed by atoms with Gasteiger partial charge in [0.25, 0.3) is 0 Å². The fraction of sp³-hybridized carbons (Fsp3) is 0.875. The highest BCUT2D eigenvalue weighted by atomic mass is 16.8. The van der Waals surface area contributed by atoms with Crippen LogP contribution in [-0.2, 0) is 47.4 Å². The molecule has 19 atom stereocenters. The van der Waals surface area contributed by atoms with Crippen LogP contribution in [-0.4, -0.2) is 128 Å². The summed E-state index contributed by atoms with van der Waals surface area (Å²) < 4.78 is 60.0. The molecule has 10 aliphatic heterocycles. The topological polar surface area (TPSA) is 146 Å². The maximum absolute atomic E-state index is 14.1. The van der Waals surface area contributed by atoms with E-state index in [0.29, 0.717) is 25.7 Å². The van der Waals surface area contributed by atoms with E-state index in [1.54, 1.807) is 7.11 Å². The van der Waals surface area contributed by atoms with Gasteiger partial charge in [0.05, 0.1) is 67.1 Å². The molecule has 3 N–H and O–H groups in total. The number of carbonyl (C=O) groups is 1. The third-order valence-corrected chi connectivity index (χ3v) is 14.0. The zero-order chi connectivity index (χ0) is 35.9. The van der Waals surface area contributed by atoms with Crippen LogP contribution in [0.3, 0.4) is 0 Å². The number of ether oxygens (including phenoxy) is 9. The van der Waals surface area contributed by atoms with Crippen molar-refractivity contribution in [3.05, 3.63) is 24.3 Å². The minimum absolute atomic E-state index is 0.0158. The Labute approximate surface area is 307 Å². The minimum atomic E-state index is -0.780. The molecule has 0 aromatic heterocycles. The summed E-state index contributed by atoms with van der Waals surface area (Å²) >= 11 is 0. The lowest BCUT2D eigenvalue weighted by atomic mass is 9.81. The lowest BCUT2D eigenvalue weighted by molar-refractivity contribution is -0.292. The van der Waals surface area contributed by atoms with Crippen LogP contribution in [0.4, 0.5) is 0 Å². The second-order valence-corrected chi connectivity index (χ2v) is 17.4. The Hall–Kier alpha value is -1.29. The zero-order valence-corrected chi connectivity index (χ0v) is 30.8. The normalized spacial score (nSPS) is 52.4. The first-order valence-corrected chi connectivity index (χ1v) is 20.2. The van der Waals surface area contributed by atoms with Crippen molar-refractivity contribution in [2.45, 2.75) is 194 Å². The summed E-state index contributed by atoms with van der Waals surface area (Å²) in [5.41, 5.74) is 8.01. The van der Waals surface area contributed by atoms with Gasteiger partial charge in [0.1, 0.15) is 36.3 Å².